The zero-order chi connectivity index (χ0) is 8.55. The Bertz CT molecular complexity index is 183. The van der Waals surface area contributed by atoms with Gasteiger partial charge in [0.2, 0.25) is 0 Å². The number of hydrogen-bond donors (Lipinski definition) is 0. The van der Waals surface area contributed by atoms with Crippen LogP contribution in [-0.2, 0) is 0 Å². The van der Waals surface area contributed by atoms with E-state index in [2.05, 4.69) is 18.7 Å². The summed E-state index contributed by atoms with van der Waals surface area (Å²) in [5.41, 5.74) is 3.27. The van der Waals surface area contributed by atoms with Crippen molar-refractivity contribution < 1.29 is 0 Å². The molecule has 2 heterocycles. The fourth-order valence-corrected chi connectivity index (χ4v) is 2.47. The van der Waals surface area contributed by atoms with Crippen molar-refractivity contribution in [2.24, 2.45) is 0 Å². The maximum absolute atomic E-state index is 2.67. The first kappa shape index (κ1) is 8.31. The van der Waals surface area contributed by atoms with Gasteiger partial charge in [0.1, 0.15) is 0 Å². The smallest absolute Gasteiger partial charge is 0.0195 e. The Morgan fingerprint density at radius 2 is 2.00 bits per heavy atom. The summed E-state index contributed by atoms with van der Waals surface area (Å²) in [6, 6.07) is 0.891. The van der Waals surface area contributed by atoms with Gasteiger partial charge < -0.3 is 0 Å². The summed E-state index contributed by atoms with van der Waals surface area (Å²) in [6.07, 6.45) is 5.65. The summed E-state index contributed by atoms with van der Waals surface area (Å²) >= 11 is 0. The molecule has 0 aliphatic carbocycles. The second-order valence-electron chi connectivity index (χ2n) is 4.38. The van der Waals surface area contributed by atoms with E-state index >= 15 is 0 Å². The standard InChI is InChI=1S/C11H19N/c1-9-7-11-5-3-4-6-12(11)8-10(9)2/h11H,3-8H2,1-2H3. The summed E-state index contributed by atoms with van der Waals surface area (Å²) in [4.78, 5) is 2.67. The van der Waals surface area contributed by atoms with Crippen LogP contribution in [0.1, 0.15) is 39.5 Å². The van der Waals surface area contributed by atoms with E-state index < -0.39 is 0 Å². The van der Waals surface area contributed by atoms with Crippen LogP contribution in [0.4, 0.5) is 0 Å². The van der Waals surface area contributed by atoms with Crippen LogP contribution in [0.3, 0.4) is 0 Å². The molecule has 1 nitrogen and oxygen atoms in total. The number of fused-ring (bicyclic) bond motifs is 1. The summed E-state index contributed by atoms with van der Waals surface area (Å²) in [5.74, 6) is 0. The Morgan fingerprint density at radius 1 is 1.17 bits per heavy atom. The molecule has 2 aliphatic heterocycles. The Hall–Kier alpha value is -0.300. The van der Waals surface area contributed by atoms with Gasteiger partial charge in [0, 0.05) is 12.6 Å². The summed E-state index contributed by atoms with van der Waals surface area (Å²) in [7, 11) is 0. The van der Waals surface area contributed by atoms with E-state index in [0.717, 1.165) is 6.04 Å². The number of rotatable bonds is 0. The Balaban J connectivity index is 2.10. The lowest BCUT2D eigenvalue weighted by molar-refractivity contribution is 0.149. The highest BCUT2D eigenvalue weighted by molar-refractivity contribution is 5.17. The molecule has 68 valence electrons. The highest BCUT2D eigenvalue weighted by Gasteiger charge is 2.26. The fraction of sp³-hybridized carbons (Fsp3) is 0.818. The minimum Gasteiger partial charge on any atom is -0.296 e. The molecule has 1 unspecified atom stereocenters. The predicted molar refractivity (Wildman–Crippen MR) is 52.2 cm³/mol. The molecule has 0 aromatic carbocycles. The highest BCUT2D eigenvalue weighted by Crippen LogP contribution is 2.28. The Morgan fingerprint density at radius 3 is 2.83 bits per heavy atom. The summed E-state index contributed by atoms with van der Waals surface area (Å²) in [5, 5.41) is 0. The van der Waals surface area contributed by atoms with Crippen LogP contribution in [-0.4, -0.2) is 24.0 Å². The van der Waals surface area contributed by atoms with E-state index in [-0.39, 0.29) is 0 Å². The van der Waals surface area contributed by atoms with Crippen LogP contribution in [0.25, 0.3) is 0 Å². The quantitative estimate of drug-likeness (QED) is 0.499. The van der Waals surface area contributed by atoms with Crippen molar-refractivity contribution in [2.75, 3.05) is 13.1 Å². The predicted octanol–water partition coefficient (Wildman–Crippen LogP) is 2.58. The van der Waals surface area contributed by atoms with Crippen molar-refractivity contribution in [2.45, 2.75) is 45.6 Å². The number of piperidine rings is 1. The van der Waals surface area contributed by atoms with Gasteiger partial charge in [-0.05, 0) is 39.7 Å². The van der Waals surface area contributed by atoms with E-state index in [1.54, 1.807) is 11.1 Å². The zero-order valence-corrected chi connectivity index (χ0v) is 8.27. The van der Waals surface area contributed by atoms with Crippen LogP contribution in [0.5, 0.6) is 0 Å². The van der Waals surface area contributed by atoms with Gasteiger partial charge in [-0.1, -0.05) is 17.6 Å². The van der Waals surface area contributed by atoms with Crippen molar-refractivity contribution in [3.63, 3.8) is 0 Å². The number of nitrogens with zero attached hydrogens (tertiary/aromatic N) is 1. The van der Waals surface area contributed by atoms with Crippen molar-refractivity contribution in [3.8, 4) is 0 Å². The van der Waals surface area contributed by atoms with Crippen molar-refractivity contribution in [1.82, 2.24) is 4.90 Å². The van der Waals surface area contributed by atoms with Crippen molar-refractivity contribution in [3.05, 3.63) is 11.1 Å². The second-order valence-corrected chi connectivity index (χ2v) is 4.38. The van der Waals surface area contributed by atoms with Gasteiger partial charge in [-0.25, -0.2) is 0 Å². The third-order valence-corrected chi connectivity index (χ3v) is 3.46. The molecule has 12 heavy (non-hydrogen) atoms. The van der Waals surface area contributed by atoms with Gasteiger partial charge in [-0.3, -0.25) is 4.90 Å². The van der Waals surface area contributed by atoms with Gasteiger partial charge in [0.05, 0.1) is 0 Å². The molecule has 2 rings (SSSR count). The van der Waals surface area contributed by atoms with Gasteiger partial charge in [0.25, 0.3) is 0 Å². The Kier molecular flexibility index (Phi) is 2.22. The first-order valence-corrected chi connectivity index (χ1v) is 5.16. The molecule has 0 amide bonds. The molecule has 1 atom stereocenters. The third kappa shape index (κ3) is 1.42. The molecule has 0 aromatic rings. The lowest BCUT2D eigenvalue weighted by Crippen LogP contribution is -2.43. The molecule has 1 heteroatoms. The maximum atomic E-state index is 2.67. The van der Waals surface area contributed by atoms with Crippen LogP contribution < -0.4 is 0 Å². The lowest BCUT2D eigenvalue weighted by Gasteiger charge is -2.40. The minimum atomic E-state index is 0.891. The van der Waals surface area contributed by atoms with E-state index in [1.165, 1.54) is 38.8 Å². The monoisotopic (exact) mass is 165 g/mol. The SMILES string of the molecule is CC1=C(C)CN2CCCCC2C1. The molecule has 1 fully saturated rings. The maximum Gasteiger partial charge on any atom is 0.0195 e. The van der Waals surface area contributed by atoms with E-state index in [0.29, 0.717) is 0 Å². The van der Waals surface area contributed by atoms with Gasteiger partial charge in [-0.15, -0.1) is 0 Å². The molecule has 0 saturated carbocycles. The third-order valence-electron chi connectivity index (χ3n) is 3.46. The summed E-state index contributed by atoms with van der Waals surface area (Å²) in [6.45, 7) is 7.19. The first-order valence-electron chi connectivity index (χ1n) is 5.16. The van der Waals surface area contributed by atoms with E-state index in [9.17, 15) is 0 Å². The topological polar surface area (TPSA) is 3.24 Å². The first-order chi connectivity index (χ1) is 5.77. The highest BCUT2D eigenvalue weighted by atomic mass is 15.2. The van der Waals surface area contributed by atoms with Gasteiger partial charge >= 0.3 is 0 Å². The van der Waals surface area contributed by atoms with Crippen LogP contribution in [0.2, 0.25) is 0 Å². The van der Waals surface area contributed by atoms with E-state index in [4.69, 9.17) is 0 Å². The molecule has 1 saturated heterocycles. The van der Waals surface area contributed by atoms with Crippen LogP contribution in [0.15, 0.2) is 11.1 Å². The fourth-order valence-electron chi connectivity index (χ4n) is 2.47. The molecule has 0 bridgehead atoms. The summed E-state index contributed by atoms with van der Waals surface area (Å²) < 4.78 is 0. The molecule has 0 N–H and O–H groups in total. The van der Waals surface area contributed by atoms with Crippen molar-refractivity contribution >= 4 is 0 Å². The van der Waals surface area contributed by atoms with E-state index in [1.807, 2.05) is 0 Å². The molecule has 2 aliphatic rings. The molecule has 0 spiro atoms. The van der Waals surface area contributed by atoms with Crippen LogP contribution >= 0.6 is 0 Å². The number of hydrogen-bond acceptors (Lipinski definition) is 1. The zero-order valence-electron chi connectivity index (χ0n) is 8.27. The van der Waals surface area contributed by atoms with Crippen LogP contribution in [0, 0.1) is 0 Å². The minimum absolute atomic E-state index is 0.891. The van der Waals surface area contributed by atoms with Crippen molar-refractivity contribution in [1.29, 1.82) is 0 Å². The molecular weight excluding hydrogens is 146 g/mol. The largest absolute Gasteiger partial charge is 0.296 e. The lowest BCUT2D eigenvalue weighted by atomic mass is 9.90. The molecular formula is C11H19N. The normalized spacial score (nSPS) is 32.0. The average Bonchev–Trinajstić information content (AvgIpc) is 2.07. The molecule has 0 aromatic heterocycles. The molecule has 0 radical (unpaired) electrons. The van der Waals surface area contributed by atoms with Gasteiger partial charge in [0.15, 0.2) is 0 Å². The average molecular weight is 165 g/mol. The van der Waals surface area contributed by atoms with Gasteiger partial charge in [-0.2, -0.15) is 0 Å². The Labute approximate surface area is 75.4 Å². The second kappa shape index (κ2) is 3.21.